The molecule has 1 N–H and O–H groups in total. The lowest BCUT2D eigenvalue weighted by Crippen LogP contribution is -2.35. The predicted molar refractivity (Wildman–Crippen MR) is 106 cm³/mol. The number of rotatable bonds is 7. The third kappa shape index (κ3) is 5.22. The van der Waals surface area contributed by atoms with Gasteiger partial charge in [0.05, 0.1) is 11.9 Å². The van der Waals surface area contributed by atoms with Gasteiger partial charge in [-0.05, 0) is 36.6 Å². The smallest absolute Gasteiger partial charge is 0.232 e. The highest BCUT2D eigenvalue weighted by Crippen LogP contribution is 2.26. The van der Waals surface area contributed by atoms with E-state index in [4.69, 9.17) is 11.6 Å². The van der Waals surface area contributed by atoms with Gasteiger partial charge in [0.15, 0.2) is 0 Å². The van der Waals surface area contributed by atoms with Crippen molar-refractivity contribution in [3.05, 3.63) is 64.2 Å². The number of hydrogen-bond donors (Lipinski definition) is 1. The van der Waals surface area contributed by atoms with Crippen LogP contribution in [0.3, 0.4) is 0 Å². The van der Waals surface area contributed by atoms with Crippen molar-refractivity contribution in [1.29, 1.82) is 0 Å². The van der Waals surface area contributed by atoms with Gasteiger partial charge in [0.25, 0.3) is 0 Å². The van der Waals surface area contributed by atoms with Crippen LogP contribution in [-0.2, 0) is 21.4 Å². The molecule has 7 heteroatoms. The van der Waals surface area contributed by atoms with Gasteiger partial charge in [-0.1, -0.05) is 48.0 Å². The van der Waals surface area contributed by atoms with E-state index in [-0.39, 0.29) is 18.9 Å². The quantitative estimate of drug-likeness (QED) is 0.782. The first-order valence-electron chi connectivity index (χ1n) is 8.24. The molecular weight excluding hydrogens is 372 g/mol. The first-order chi connectivity index (χ1) is 12.2. The van der Waals surface area contributed by atoms with Crippen molar-refractivity contribution < 1.29 is 13.2 Å². The number of anilines is 1. The summed E-state index contributed by atoms with van der Waals surface area (Å²) in [5.41, 5.74) is 3.16. The van der Waals surface area contributed by atoms with Gasteiger partial charge in [-0.2, -0.15) is 0 Å². The number of benzene rings is 2. The van der Waals surface area contributed by atoms with E-state index in [1.807, 2.05) is 50.2 Å². The minimum Gasteiger partial charge on any atom is -0.352 e. The van der Waals surface area contributed by atoms with Crippen LogP contribution in [0.15, 0.2) is 42.5 Å². The molecule has 0 aromatic heterocycles. The molecule has 26 heavy (non-hydrogen) atoms. The average Bonchev–Trinajstić information content (AvgIpc) is 2.55. The van der Waals surface area contributed by atoms with Crippen molar-refractivity contribution in [2.45, 2.75) is 26.8 Å². The Bertz CT molecular complexity index is 877. The van der Waals surface area contributed by atoms with Crippen LogP contribution in [0, 0.1) is 13.8 Å². The molecule has 2 aromatic rings. The zero-order valence-electron chi connectivity index (χ0n) is 15.1. The van der Waals surface area contributed by atoms with Gasteiger partial charge in [0, 0.05) is 24.5 Å². The second kappa shape index (κ2) is 8.56. The van der Waals surface area contributed by atoms with Gasteiger partial charge in [-0.3, -0.25) is 9.10 Å². The molecule has 0 saturated carbocycles. The number of carbonyl (C=O) groups is 1. The number of aryl methyl sites for hydroxylation is 2. The first kappa shape index (κ1) is 20.3. The summed E-state index contributed by atoms with van der Waals surface area (Å²) in [5, 5.41) is 3.37. The van der Waals surface area contributed by atoms with E-state index in [0.717, 1.165) is 22.9 Å². The maximum atomic E-state index is 12.2. The molecule has 0 heterocycles. The molecule has 0 radical (unpaired) electrons. The zero-order valence-corrected chi connectivity index (χ0v) is 16.7. The van der Waals surface area contributed by atoms with Gasteiger partial charge in [0.1, 0.15) is 0 Å². The summed E-state index contributed by atoms with van der Waals surface area (Å²) in [6, 6.07) is 12.9. The fraction of sp³-hybridized carbons (Fsp3) is 0.316. The van der Waals surface area contributed by atoms with Crippen molar-refractivity contribution in [2.24, 2.45) is 0 Å². The predicted octanol–water partition coefficient (Wildman–Crippen LogP) is 3.43. The number of carbonyl (C=O) groups excluding carboxylic acids is 1. The van der Waals surface area contributed by atoms with Gasteiger partial charge >= 0.3 is 0 Å². The van der Waals surface area contributed by atoms with Gasteiger partial charge < -0.3 is 5.32 Å². The van der Waals surface area contributed by atoms with E-state index in [1.54, 1.807) is 6.07 Å². The van der Waals surface area contributed by atoms with Crippen molar-refractivity contribution in [3.8, 4) is 0 Å². The lowest BCUT2D eigenvalue weighted by Gasteiger charge is -2.25. The van der Waals surface area contributed by atoms with Gasteiger partial charge in [0.2, 0.25) is 15.9 Å². The number of sulfonamides is 1. The molecule has 2 rings (SSSR count). The Hall–Kier alpha value is -2.05. The summed E-state index contributed by atoms with van der Waals surface area (Å²) in [4.78, 5) is 12.2. The molecule has 140 valence electrons. The fourth-order valence-corrected chi connectivity index (χ4v) is 4.01. The standard InChI is InChI=1S/C19H23ClN2O3S/c1-14-7-6-8-15(2)19(14)22(26(3,24)25)12-11-18(23)21-13-16-9-4-5-10-17(16)20/h4-10H,11-13H2,1-3H3,(H,21,23). The Labute approximate surface area is 160 Å². The molecule has 0 bridgehead atoms. The summed E-state index contributed by atoms with van der Waals surface area (Å²) < 4.78 is 25.8. The van der Waals surface area contributed by atoms with Gasteiger partial charge in [-0.25, -0.2) is 8.42 Å². The number of halogens is 1. The minimum atomic E-state index is -3.50. The molecule has 0 aliphatic heterocycles. The molecular formula is C19H23ClN2O3S. The number of para-hydroxylation sites is 1. The van der Waals surface area contributed by atoms with E-state index < -0.39 is 10.0 Å². The molecule has 0 saturated heterocycles. The van der Waals surface area contributed by atoms with Crippen LogP contribution < -0.4 is 9.62 Å². The normalized spacial score (nSPS) is 11.2. The highest BCUT2D eigenvalue weighted by Gasteiger charge is 2.21. The largest absolute Gasteiger partial charge is 0.352 e. The zero-order chi connectivity index (χ0) is 19.3. The molecule has 0 unspecified atom stereocenters. The Morgan fingerprint density at radius 2 is 1.69 bits per heavy atom. The van der Waals surface area contributed by atoms with Gasteiger partial charge in [-0.15, -0.1) is 0 Å². The lowest BCUT2D eigenvalue weighted by molar-refractivity contribution is -0.121. The Morgan fingerprint density at radius 3 is 2.27 bits per heavy atom. The van der Waals surface area contributed by atoms with Crippen LogP contribution >= 0.6 is 11.6 Å². The summed E-state index contributed by atoms with van der Waals surface area (Å²) in [7, 11) is -3.50. The molecule has 0 spiro atoms. The lowest BCUT2D eigenvalue weighted by atomic mass is 10.1. The van der Waals surface area contributed by atoms with E-state index in [2.05, 4.69) is 5.32 Å². The minimum absolute atomic E-state index is 0.0608. The number of hydrogen-bond acceptors (Lipinski definition) is 3. The van der Waals surface area contributed by atoms with Crippen LogP contribution in [0.4, 0.5) is 5.69 Å². The molecule has 1 amide bonds. The van der Waals surface area contributed by atoms with Crippen molar-refractivity contribution in [1.82, 2.24) is 5.32 Å². The summed E-state index contributed by atoms with van der Waals surface area (Å²) >= 11 is 6.07. The van der Waals surface area contributed by atoms with Crippen LogP contribution in [0.1, 0.15) is 23.1 Å². The van der Waals surface area contributed by atoms with Crippen molar-refractivity contribution in [3.63, 3.8) is 0 Å². The maximum absolute atomic E-state index is 12.2. The number of nitrogens with zero attached hydrogens (tertiary/aromatic N) is 1. The van der Waals surface area contributed by atoms with Crippen LogP contribution in [0.25, 0.3) is 0 Å². The van der Waals surface area contributed by atoms with E-state index in [0.29, 0.717) is 17.3 Å². The molecule has 0 fully saturated rings. The van der Waals surface area contributed by atoms with Crippen LogP contribution in [-0.4, -0.2) is 27.1 Å². The molecule has 5 nitrogen and oxygen atoms in total. The van der Waals surface area contributed by atoms with E-state index in [1.165, 1.54) is 4.31 Å². The fourth-order valence-electron chi connectivity index (χ4n) is 2.77. The third-order valence-electron chi connectivity index (χ3n) is 4.07. The van der Waals surface area contributed by atoms with Crippen LogP contribution in [0.2, 0.25) is 5.02 Å². The average molecular weight is 395 g/mol. The summed E-state index contributed by atoms with van der Waals surface area (Å²) in [6.45, 7) is 4.11. The molecule has 0 aliphatic rings. The summed E-state index contributed by atoms with van der Waals surface area (Å²) in [5.74, 6) is -0.232. The SMILES string of the molecule is Cc1cccc(C)c1N(CCC(=O)NCc1ccccc1Cl)S(C)(=O)=O. The van der Waals surface area contributed by atoms with E-state index >= 15 is 0 Å². The second-order valence-corrected chi connectivity index (χ2v) is 8.51. The van der Waals surface area contributed by atoms with Crippen molar-refractivity contribution >= 4 is 33.2 Å². The molecule has 2 aromatic carbocycles. The Balaban J connectivity index is 2.06. The summed E-state index contributed by atoms with van der Waals surface area (Å²) in [6.07, 6.45) is 1.21. The Kier molecular flexibility index (Phi) is 6.67. The number of nitrogens with one attached hydrogen (secondary N) is 1. The third-order valence-corrected chi connectivity index (χ3v) is 5.60. The van der Waals surface area contributed by atoms with E-state index in [9.17, 15) is 13.2 Å². The second-order valence-electron chi connectivity index (χ2n) is 6.19. The van der Waals surface area contributed by atoms with Crippen LogP contribution in [0.5, 0.6) is 0 Å². The highest BCUT2D eigenvalue weighted by atomic mass is 35.5. The number of amides is 1. The molecule has 0 aliphatic carbocycles. The molecule has 0 atom stereocenters. The topological polar surface area (TPSA) is 66.5 Å². The Morgan fingerprint density at radius 1 is 1.08 bits per heavy atom. The monoisotopic (exact) mass is 394 g/mol. The highest BCUT2D eigenvalue weighted by molar-refractivity contribution is 7.92. The first-order valence-corrected chi connectivity index (χ1v) is 10.5. The maximum Gasteiger partial charge on any atom is 0.232 e. The van der Waals surface area contributed by atoms with Crippen molar-refractivity contribution in [2.75, 3.05) is 17.1 Å².